The van der Waals surface area contributed by atoms with Crippen molar-refractivity contribution in [1.82, 2.24) is 0 Å². The number of carbonyl (C=O) groups excluding carboxylic acids is 1. The fraction of sp³-hybridized carbons (Fsp3) is 0.500. The Morgan fingerprint density at radius 3 is 2.71 bits per heavy atom. The van der Waals surface area contributed by atoms with Gasteiger partial charge in [-0.1, -0.05) is 0 Å². The Morgan fingerprint density at radius 2 is 2.29 bits per heavy atom. The summed E-state index contributed by atoms with van der Waals surface area (Å²) in [5.74, 6) is 0.843. The molecule has 1 atom stereocenters. The highest BCUT2D eigenvalue weighted by Crippen LogP contribution is 2.17. The molecule has 1 aromatic heterocycles. The van der Waals surface area contributed by atoms with E-state index in [-0.39, 0.29) is 5.78 Å². The Balaban J connectivity index is 2.71. The first-order valence-electron chi connectivity index (χ1n) is 4.50. The molecule has 0 saturated carbocycles. The molecule has 78 valence electrons. The molecule has 14 heavy (non-hydrogen) atoms. The van der Waals surface area contributed by atoms with Gasteiger partial charge in [0.1, 0.15) is 0 Å². The van der Waals surface area contributed by atoms with Gasteiger partial charge in [0.05, 0.1) is 6.10 Å². The third-order valence-electron chi connectivity index (χ3n) is 1.85. The van der Waals surface area contributed by atoms with Gasteiger partial charge in [0.2, 0.25) is 0 Å². The van der Waals surface area contributed by atoms with Crippen molar-refractivity contribution in [2.45, 2.75) is 20.0 Å². The van der Waals surface area contributed by atoms with Gasteiger partial charge in [-0.05, 0) is 13.0 Å². The standard InChI is InChI=1S/C10H15NO3/c1-7(12)6-11(3)10-5-4-9(14-10)8(2)13/h4-5,7,12H,6H2,1-3H3. The number of ketones is 1. The number of aliphatic hydroxyl groups is 1. The van der Waals surface area contributed by atoms with Crippen molar-refractivity contribution in [3.8, 4) is 0 Å². The number of carbonyl (C=O) groups is 1. The fourth-order valence-electron chi connectivity index (χ4n) is 1.21. The Bertz CT molecular complexity index is 317. The molecule has 0 bridgehead atoms. The molecule has 1 heterocycles. The molecule has 0 aliphatic heterocycles. The number of likely N-dealkylation sites (N-methyl/N-ethyl adjacent to an activating group) is 1. The largest absolute Gasteiger partial charge is 0.437 e. The highest BCUT2D eigenvalue weighted by atomic mass is 16.4. The molecule has 0 saturated heterocycles. The van der Waals surface area contributed by atoms with E-state index in [1.807, 2.05) is 0 Å². The smallest absolute Gasteiger partial charge is 0.196 e. The molecule has 4 heteroatoms. The first kappa shape index (κ1) is 10.8. The lowest BCUT2D eigenvalue weighted by Crippen LogP contribution is -2.26. The van der Waals surface area contributed by atoms with E-state index in [9.17, 15) is 4.79 Å². The topological polar surface area (TPSA) is 53.7 Å². The lowest BCUT2D eigenvalue weighted by atomic mass is 10.3. The van der Waals surface area contributed by atoms with Crippen molar-refractivity contribution in [2.75, 3.05) is 18.5 Å². The summed E-state index contributed by atoms with van der Waals surface area (Å²) >= 11 is 0. The van der Waals surface area contributed by atoms with Crippen molar-refractivity contribution in [3.05, 3.63) is 17.9 Å². The lowest BCUT2D eigenvalue weighted by molar-refractivity contribution is 0.0988. The molecule has 4 nitrogen and oxygen atoms in total. The maximum atomic E-state index is 10.9. The van der Waals surface area contributed by atoms with E-state index in [0.29, 0.717) is 18.2 Å². The van der Waals surface area contributed by atoms with Crippen LogP contribution in [0.5, 0.6) is 0 Å². The van der Waals surface area contributed by atoms with Gasteiger partial charge < -0.3 is 14.4 Å². The summed E-state index contributed by atoms with van der Waals surface area (Å²) in [6, 6.07) is 3.36. The quantitative estimate of drug-likeness (QED) is 0.739. The van der Waals surface area contributed by atoms with Crippen LogP contribution < -0.4 is 4.90 Å². The van der Waals surface area contributed by atoms with Crippen molar-refractivity contribution in [2.24, 2.45) is 0 Å². The van der Waals surface area contributed by atoms with Crippen LogP contribution in [-0.4, -0.2) is 30.6 Å². The van der Waals surface area contributed by atoms with Crippen LogP contribution in [0.3, 0.4) is 0 Å². The number of hydrogen-bond donors (Lipinski definition) is 1. The molecular formula is C10H15NO3. The minimum absolute atomic E-state index is 0.0957. The Hall–Kier alpha value is -1.29. The second-order valence-corrected chi connectivity index (χ2v) is 3.42. The van der Waals surface area contributed by atoms with E-state index < -0.39 is 6.10 Å². The van der Waals surface area contributed by atoms with E-state index in [0.717, 1.165) is 0 Å². The molecule has 0 radical (unpaired) electrons. The van der Waals surface area contributed by atoms with Crippen LogP contribution in [-0.2, 0) is 0 Å². The monoisotopic (exact) mass is 197 g/mol. The first-order chi connectivity index (χ1) is 6.50. The van der Waals surface area contributed by atoms with Crippen LogP contribution in [0.4, 0.5) is 5.88 Å². The van der Waals surface area contributed by atoms with Gasteiger partial charge in [0, 0.05) is 26.6 Å². The summed E-state index contributed by atoms with van der Waals surface area (Å²) < 4.78 is 5.27. The fourth-order valence-corrected chi connectivity index (χ4v) is 1.21. The van der Waals surface area contributed by atoms with Gasteiger partial charge in [-0.2, -0.15) is 0 Å². The highest BCUT2D eigenvalue weighted by Gasteiger charge is 2.10. The van der Waals surface area contributed by atoms with Gasteiger partial charge in [0.15, 0.2) is 17.4 Å². The molecule has 1 aromatic rings. The first-order valence-corrected chi connectivity index (χ1v) is 4.50. The SMILES string of the molecule is CC(=O)c1ccc(N(C)CC(C)O)o1. The minimum atomic E-state index is -0.425. The number of hydrogen-bond acceptors (Lipinski definition) is 4. The van der Waals surface area contributed by atoms with E-state index in [4.69, 9.17) is 9.52 Å². The summed E-state index contributed by atoms with van der Waals surface area (Å²) in [5.41, 5.74) is 0. The predicted octanol–water partition coefficient (Wildman–Crippen LogP) is 1.30. The van der Waals surface area contributed by atoms with Crippen LogP contribution in [0.25, 0.3) is 0 Å². The third-order valence-corrected chi connectivity index (χ3v) is 1.85. The van der Waals surface area contributed by atoms with Gasteiger partial charge in [-0.15, -0.1) is 0 Å². The van der Waals surface area contributed by atoms with Gasteiger partial charge in [0.25, 0.3) is 0 Å². The van der Waals surface area contributed by atoms with Crippen LogP contribution in [0, 0.1) is 0 Å². The molecule has 0 aliphatic carbocycles. The predicted molar refractivity (Wildman–Crippen MR) is 53.7 cm³/mol. The molecule has 1 rings (SSSR count). The minimum Gasteiger partial charge on any atom is -0.437 e. The zero-order valence-corrected chi connectivity index (χ0v) is 8.65. The van der Waals surface area contributed by atoms with Crippen molar-refractivity contribution < 1.29 is 14.3 Å². The summed E-state index contributed by atoms with van der Waals surface area (Å²) in [5, 5.41) is 9.15. The Labute approximate surface area is 83.1 Å². The van der Waals surface area contributed by atoms with Crippen molar-refractivity contribution >= 4 is 11.7 Å². The molecule has 1 N–H and O–H groups in total. The van der Waals surface area contributed by atoms with Crippen LogP contribution in [0.15, 0.2) is 16.5 Å². The highest BCUT2D eigenvalue weighted by molar-refractivity contribution is 5.91. The molecule has 0 aliphatic rings. The van der Waals surface area contributed by atoms with Crippen molar-refractivity contribution in [3.63, 3.8) is 0 Å². The second kappa shape index (κ2) is 4.28. The molecule has 0 amide bonds. The molecular weight excluding hydrogens is 182 g/mol. The summed E-state index contributed by atoms with van der Waals surface area (Å²) in [4.78, 5) is 12.7. The van der Waals surface area contributed by atoms with Crippen molar-refractivity contribution in [1.29, 1.82) is 0 Å². The number of rotatable bonds is 4. The molecule has 1 unspecified atom stereocenters. The van der Waals surface area contributed by atoms with Gasteiger partial charge >= 0.3 is 0 Å². The van der Waals surface area contributed by atoms with E-state index in [2.05, 4.69) is 0 Å². The number of anilines is 1. The maximum absolute atomic E-state index is 10.9. The van der Waals surface area contributed by atoms with E-state index in [1.165, 1.54) is 6.92 Å². The Kier molecular flexibility index (Phi) is 3.30. The van der Waals surface area contributed by atoms with E-state index >= 15 is 0 Å². The van der Waals surface area contributed by atoms with Crippen LogP contribution in [0.2, 0.25) is 0 Å². The normalized spacial score (nSPS) is 12.6. The molecule has 0 spiro atoms. The Morgan fingerprint density at radius 1 is 1.64 bits per heavy atom. The summed E-state index contributed by atoms with van der Waals surface area (Å²) in [6.45, 7) is 3.63. The third kappa shape index (κ3) is 2.60. The number of aliphatic hydroxyl groups excluding tert-OH is 1. The number of Topliss-reactive ketones (excluding diaryl/α,β-unsaturated/α-hetero) is 1. The zero-order valence-electron chi connectivity index (χ0n) is 8.65. The molecule has 0 fully saturated rings. The van der Waals surface area contributed by atoms with Crippen LogP contribution >= 0.6 is 0 Å². The van der Waals surface area contributed by atoms with Gasteiger partial charge in [-0.3, -0.25) is 4.79 Å². The number of nitrogens with zero attached hydrogens (tertiary/aromatic N) is 1. The average molecular weight is 197 g/mol. The summed E-state index contributed by atoms with van der Waals surface area (Å²) in [7, 11) is 1.80. The zero-order chi connectivity index (χ0) is 10.7. The van der Waals surface area contributed by atoms with E-state index in [1.54, 1.807) is 31.0 Å². The summed E-state index contributed by atoms with van der Waals surface area (Å²) in [6.07, 6.45) is -0.425. The van der Waals surface area contributed by atoms with Gasteiger partial charge in [-0.25, -0.2) is 0 Å². The molecule has 0 aromatic carbocycles. The lowest BCUT2D eigenvalue weighted by Gasteiger charge is -2.17. The second-order valence-electron chi connectivity index (χ2n) is 3.42. The maximum Gasteiger partial charge on any atom is 0.196 e. The number of furan rings is 1. The average Bonchev–Trinajstić information content (AvgIpc) is 2.50. The van der Waals surface area contributed by atoms with Crippen LogP contribution in [0.1, 0.15) is 24.4 Å².